The van der Waals surface area contributed by atoms with Gasteiger partial charge in [0.15, 0.2) is 0 Å². The second kappa shape index (κ2) is 11.0. The monoisotopic (exact) mass is 470 g/mol. The molecule has 6 nitrogen and oxygen atoms in total. The lowest BCUT2D eigenvalue weighted by Gasteiger charge is -2.06. The summed E-state index contributed by atoms with van der Waals surface area (Å²) in [6, 6.07) is 12.5. The fourth-order valence-corrected chi connectivity index (χ4v) is 3.85. The summed E-state index contributed by atoms with van der Waals surface area (Å²) >= 11 is 7.60. The maximum absolute atomic E-state index is 13.8. The summed E-state index contributed by atoms with van der Waals surface area (Å²) in [5, 5.41) is 8.10. The minimum Gasteiger partial charge on any atom is -0.487 e. The second-order valence-electron chi connectivity index (χ2n) is 6.83. The normalized spacial score (nSPS) is 11.3. The first-order valence-corrected chi connectivity index (χ1v) is 11.4. The van der Waals surface area contributed by atoms with Crippen LogP contribution in [0, 0.1) is 5.82 Å². The molecule has 0 aliphatic rings. The Morgan fingerprint density at radius 1 is 1.16 bits per heavy atom. The molecule has 0 radical (unpaired) electrons. The SMILES string of the molecule is Fc1cc(Cl)ccc1C=Cc1nc(COc2ccc(CSCCn3ccnn3)cc2)co1. The molecule has 32 heavy (non-hydrogen) atoms. The van der Waals surface area contributed by atoms with E-state index >= 15 is 0 Å². The van der Waals surface area contributed by atoms with Crippen LogP contribution in [0.25, 0.3) is 12.2 Å². The van der Waals surface area contributed by atoms with Crippen molar-refractivity contribution < 1.29 is 13.5 Å². The number of benzene rings is 2. The zero-order chi connectivity index (χ0) is 22.2. The van der Waals surface area contributed by atoms with Crippen LogP contribution in [0.4, 0.5) is 4.39 Å². The van der Waals surface area contributed by atoms with Crippen molar-refractivity contribution in [2.45, 2.75) is 18.9 Å². The van der Waals surface area contributed by atoms with Crippen molar-refractivity contribution in [1.29, 1.82) is 0 Å². The molecule has 2 aromatic carbocycles. The number of thioether (sulfide) groups is 1. The molecule has 164 valence electrons. The largest absolute Gasteiger partial charge is 0.487 e. The van der Waals surface area contributed by atoms with E-state index in [1.165, 1.54) is 17.9 Å². The van der Waals surface area contributed by atoms with E-state index in [4.69, 9.17) is 20.8 Å². The first-order valence-electron chi connectivity index (χ1n) is 9.87. The summed E-state index contributed by atoms with van der Waals surface area (Å²) in [7, 11) is 0. The zero-order valence-electron chi connectivity index (χ0n) is 17.0. The summed E-state index contributed by atoms with van der Waals surface area (Å²) in [5.74, 6) is 2.61. The molecule has 4 aromatic rings. The van der Waals surface area contributed by atoms with Crippen molar-refractivity contribution >= 4 is 35.5 Å². The van der Waals surface area contributed by atoms with Gasteiger partial charge in [0.05, 0.1) is 12.7 Å². The van der Waals surface area contributed by atoms with Crippen LogP contribution in [-0.4, -0.2) is 25.7 Å². The van der Waals surface area contributed by atoms with Gasteiger partial charge in [-0.05, 0) is 35.9 Å². The highest BCUT2D eigenvalue weighted by Crippen LogP contribution is 2.19. The molecule has 0 aliphatic heterocycles. The molecule has 0 atom stereocenters. The van der Waals surface area contributed by atoms with Crippen LogP contribution in [-0.2, 0) is 18.9 Å². The maximum atomic E-state index is 13.8. The predicted octanol–water partition coefficient (Wildman–Crippen LogP) is 5.74. The van der Waals surface area contributed by atoms with Gasteiger partial charge in [0.25, 0.3) is 0 Å². The highest BCUT2D eigenvalue weighted by molar-refractivity contribution is 7.98. The van der Waals surface area contributed by atoms with E-state index in [0.717, 1.165) is 23.8 Å². The van der Waals surface area contributed by atoms with E-state index in [2.05, 4.69) is 27.4 Å². The number of nitrogens with zero attached hydrogens (tertiary/aromatic N) is 4. The van der Waals surface area contributed by atoms with Gasteiger partial charge >= 0.3 is 0 Å². The van der Waals surface area contributed by atoms with E-state index in [1.54, 1.807) is 30.5 Å². The van der Waals surface area contributed by atoms with Crippen molar-refractivity contribution in [3.05, 3.63) is 94.7 Å². The van der Waals surface area contributed by atoms with Crippen LogP contribution in [0.15, 0.2) is 65.5 Å². The molecule has 4 rings (SSSR count). The van der Waals surface area contributed by atoms with Gasteiger partial charge in [-0.1, -0.05) is 35.0 Å². The summed E-state index contributed by atoms with van der Waals surface area (Å²) in [5.41, 5.74) is 2.28. The van der Waals surface area contributed by atoms with Gasteiger partial charge in [0.2, 0.25) is 5.89 Å². The van der Waals surface area contributed by atoms with E-state index in [0.29, 0.717) is 22.2 Å². The average molecular weight is 471 g/mol. The minimum absolute atomic E-state index is 0.276. The lowest BCUT2D eigenvalue weighted by Crippen LogP contribution is -2.01. The van der Waals surface area contributed by atoms with Crippen molar-refractivity contribution in [2.24, 2.45) is 0 Å². The van der Waals surface area contributed by atoms with Crippen LogP contribution in [0.3, 0.4) is 0 Å². The van der Waals surface area contributed by atoms with Gasteiger partial charge < -0.3 is 9.15 Å². The Labute approximate surface area is 194 Å². The Bertz CT molecular complexity index is 1160. The van der Waals surface area contributed by atoms with Gasteiger partial charge in [-0.2, -0.15) is 11.8 Å². The Balaban J connectivity index is 1.22. The zero-order valence-corrected chi connectivity index (χ0v) is 18.6. The molecule has 0 amide bonds. The van der Waals surface area contributed by atoms with E-state index in [9.17, 15) is 4.39 Å². The van der Waals surface area contributed by atoms with E-state index < -0.39 is 5.82 Å². The van der Waals surface area contributed by atoms with Gasteiger partial charge in [-0.15, -0.1) is 5.10 Å². The minimum atomic E-state index is -0.402. The number of oxazole rings is 1. The van der Waals surface area contributed by atoms with Crippen LogP contribution < -0.4 is 4.74 Å². The summed E-state index contributed by atoms with van der Waals surface area (Å²) in [6.45, 7) is 1.12. The third kappa shape index (κ3) is 6.45. The number of hydrogen-bond donors (Lipinski definition) is 0. The summed E-state index contributed by atoms with van der Waals surface area (Å²) < 4.78 is 26.8. The molecule has 2 heterocycles. The highest BCUT2D eigenvalue weighted by Gasteiger charge is 2.05. The maximum Gasteiger partial charge on any atom is 0.218 e. The van der Waals surface area contributed by atoms with Crippen molar-refractivity contribution in [1.82, 2.24) is 20.0 Å². The third-order valence-electron chi connectivity index (χ3n) is 4.45. The standard InChI is InChI=1S/C23H20ClFN4O2S/c24-19-5-3-18(22(25)13-19)4-8-23-27-20(15-31-23)14-30-21-6-1-17(2-7-21)16-32-12-11-29-10-9-26-28-29/h1-10,13,15H,11-12,14,16H2. The molecule has 9 heteroatoms. The van der Waals surface area contributed by atoms with Gasteiger partial charge in [0, 0.05) is 34.4 Å². The van der Waals surface area contributed by atoms with Crippen molar-refractivity contribution in [2.75, 3.05) is 5.75 Å². The number of hydrogen-bond acceptors (Lipinski definition) is 6. The van der Waals surface area contributed by atoms with Crippen LogP contribution in [0.5, 0.6) is 5.75 Å². The van der Waals surface area contributed by atoms with Gasteiger partial charge in [-0.3, -0.25) is 4.68 Å². The molecule has 0 fully saturated rings. The summed E-state index contributed by atoms with van der Waals surface area (Å²) in [6.07, 6.45) is 8.26. The smallest absolute Gasteiger partial charge is 0.218 e. The van der Waals surface area contributed by atoms with Gasteiger partial charge in [0.1, 0.15) is 30.1 Å². The Kier molecular flexibility index (Phi) is 7.58. The number of aryl methyl sites for hydroxylation is 1. The summed E-state index contributed by atoms with van der Waals surface area (Å²) in [4.78, 5) is 4.33. The average Bonchev–Trinajstić information content (AvgIpc) is 3.48. The fourth-order valence-electron chi connectivity index (χ4n) is 2.80. The predicted molar refractivity (Wildman–Crippen MR) is 124 cm³/mol. The van der Waals surface area contributed by atoms with Crippen LogP contribution in [0.1, 0.15) is 22.7 Å². The van der Waals surface area contributed by atoms with Crippen LogP contribution >= 0.6 is 23.4 Å². The third-order valence-corrected chi connectivity index (χ3v) is 5.70. The number of aromatic nitrogens is 4. The van der Waals surface area contributed by atoms with E-state index in [1.807, 2.05) is 34.8 Å². The lowest BCUT2D eigenvalue weighted by molar-refractivity contribution is 0.301. The number of ether oxygens (including phenoxy) is 1. The highest BCUT2D eigenvalue weighted by atomic mass is 35.5. The molecule has 0 N–H and O–H groups in total. The number of halogens is 2. The molecule has 2 aromatic heterocycles. The molecular weight excluding hydrogens is 451 g/mol. The van der Waals surface area contributed by atoms with Crippen molar-refractivity contribution in [3.63, 3.8) is 0 Å². The van der Waals surface area contributed by atoms with Crippen LogP contribution in [0.2, 0.25) is 5.02 Å². The first-order chi connectivity index (χ1) is 15.7. The Hall–Kier alpha value is -3.10. The van der Waals surface area contributed by atoms with Gasteiger partial charge in [-0.25, -0.2) is 9.37 Å². The quantitative estimate of drug-likeness (QED) is 0.275. The topological polar surface area (TPSA) is 66.0 Å². The molecule has 0 saturated carbocycles. The molecular formula is C23H20ClFN4O2S. The fraction of sp³-hybridized carbons (Fsp3) is 0.174. The van der Waals surface area contributed by atoms with E-state index in [-0.39, 0.29) is 6.61 Å². The Morgan fingerprint density at radius 2 is 2.03 bits per heavy atom. The number of rotatable bonds is 10. The molecule has 0 spiro atoms. The molecule has 0 unspecified atom stereocenters. The molecule has 0 aliphatic carbocycles. The Morgan fingerprint density at radius 3 is 2.81 bits per heavy atom. The second-order valence-corrected chi connectivity index (χ2v) is 8.37. The molecule has 0 saturated heterocycles. The first kappa shape index (κ1) is 22.1. The van der Waals surface area contributed by atoms with Crippen molar-refractivity contribution in [3.8, 4) is 5.75 Å². The lowest BCUT2D eigenvalue weighted by atomic mass is 10.2. The molecule has 0 bridgehead atoms.